The lowest BCUT2D eigenvalue weighted by atomic mass is 10.5. The van der Waals surface area contributed by atoms with Crippen LogP contribution in [0.15, 0.2) is 0 Å². The average Bonchev–Trinajstić information content (AvgIpc) is 1.30. The summed E-state index contributed by atoms with van der Waals surface area (Å²) in [6.07, 6.45) is 0. The number of aliphatic hydroxyl groups is 1. The molecule has 4 heteroatoms. The van der Waals surface area contributed by atoms with Crippen molar-refractivity contribution in [3.05, 3.63) is 0 Å². The standard InChI is InChI=1S/C5H14NO.ClH.H3N/c1-6(2,3)4-5-7;;/h7H,4-5H2,1-3H3;1H;1H3/q+1;;/p-1. The molecular formula is C5H17ClN2O. The fourth-order valence-corrected chi connectivity index (χ4v) is 0.300. The molecular weight excluding hydrogens is 140 g/mol. The molecule has 0 aliphatic carbocycles. The molecule has 0 radical (unpaired) electrons. The van der Waals surface area contributed by atoms with Gasteiger partial charge in [-0.25, -0.2) is 0 Å². The Balaban J connectivity index is -0.000000180. The maximum Gasteiger partial charge on any atom is 0.101 e. The molecule has 0 aromatic rings. The van der Waals surface area contributed by atoms with Crippen LogP contribution < -0.4 is 18.6 Å². The Morgan fingerprint density at radius 1 is 1.22 bits per heavy atom. The van der Waals surface area contributed by atoms with Gasteiger partial charge >= 0.3 is 0 Å². The van der Waals surface area contributed by atoms with Crippen molar-refractivity contribution in [1.82, 2.24) is 6.15 Å². The zero-order valence-corrected chi connectivity index (χ0v) is 7.15. The molecule has 0 saturated heterocycles. The summed E-state index contributed by atoms with van der Waals surface area (Å²) in [6, 6.07) is 0. The molecule has 0 saturated carbocycles. The third-order valence-corrected chi connectivity index (χ3v) is 0.771. The highest BCUT2D eigenvalue weighted by molar-refractivity contribution is 4.19. The van der Waals surface area contributed by atoms with Crippen molar-refractivity contribution in [2.24, 2.45) is 0 Å². The van der Waals surface area contributed by atoms with Crippen molar-refractivity contribution in [3.63, 3.8) is 0 Å². The molecule has 0 atom stereocenters. The van der Waals surface area contributed by atoms with E-state index < -0.39 is 0 Å². The van der Waals surface area contributed by atoms with E-state index in [1.54, 1.807) is 0 Å². The highest BCUT2D eigenvalue weighted by Gasteiger charge is 2.02. The second-order valence-electron chi connectivity index (χ2n) is 2.74. The maximum absolute atomic E-state index is 8.39. The van der Waals surface area contributed by atoms with E-state index in [0.717, 1.165) is 11.0 Å². The van der Waals surface area contributed by atoms with Crippen molar-refractivity contribution in [2.45, 2.75) is 0 Å². The minimum atomic E-state index is 0. The van der Waals surface area contributed by atoms with Crippen LogP contribution in [0.4, 0.5) is 0 Å². The molecule has 0 amide bonds. The van der Waals surface area contributed by atoms with E-state index in [0.29, 0.717) is 0 Å². The van der Waals surface area contributed by atoms with Crippen LogP contribution in [0.2, 0.25) is 0 Å². The van der Waals surface area contributed by atoms with E-state index in [4.69, 9.17) is 5.11 Å². The van der Waals surface area contributed by atoms with Crippen LogP contribution in [0.3, 0.4) is 0 Å². The molecule has 0 aromatic heterocycles. The number of hydrogen-bond donors (Lipinski definition) is 2. The topological polar surface area (TPSA) is 55.2 Å². The first-order valence-electron chi connectivity index (χ1n) is 2.47. The Labute approximate surface area is 63.3 Å². The van der Waals surface area contributed by atoms with Crippen LogP contribution in [-0.4, -0.2) is 43.9 Å². The van der Waals surface area contributed by atoms with Gasteiger partial charge in [-0.15, -0.1) is 0 Å². The molecule has 0 spiro atoms. The summed E-state index contributed by atoms with van der Waals surface area (Å²) in [4.78, 5) is 0. The van der Waals surface area contributed by atoms with Gasteiger partial charge in [0.25, 0.3) is 0 Å². The van der Waals surface area contributed by atoms with E-state index in [1.165, 1.54) is 0 Å². The molecule has 0 aliphatic rings. The predicted molar refractivity (Wildman–Crippen MR) is 35.0 cm³/mol. The largest absolute Gasteiger partial charge is 1.00 e. The Kier molecular flexibility index (Phi) is 11.2. The lowest BCUT2D eigenvalue weighted by Crippen LogP contribution is -3.00. The second kappa shape index (κ2) is 6.29. The van der Waals surface area contributed by atoms with Crippen molar-refractivity contribution in [3.8, 4) is 0 Å². The van der Waals surface area contributed by atoms with Crippen molar-refractivity contribution in [1.29, 1.82) is 0 Å². The molecule has 0 heterocycles. The zero-order valence-electron chi connectivity index (χ0n) is 6.39. The summed E-state index contributed by atoms with van der Waals surface area (Å²) in [5.41, 5.74) is 0. The smallest absolute Gasteiger partial charge is 0.101 e. The van der Waals surface area contributed by atoms with Gasteiger partial charge in [0.1, 0.15) is 6.54 Å². The van der Waals surface area contributed by atoms with E-state index in [1.807, 2.05) is 0 Å². The van der Waals surface area contributed by atoms with Crippen LogP contribution in [0.1, 0.15) is 0 Å². The lowest BCUT2D eigenvalue weighted by Gasteiger charge is -2.21. The van der Waals surface area contributed by atoms with Crippen LogP contribution >= 0.6 is 0 Å². The number of likely N-dealkylation sites (N-methyl/N-ethyl adjacent to an activating group) is 1. The summed E-state index contributed by atoms with van der Waals surface area (Å²) in [6.45, 7) is 1.11. The van der Waals surface area contributed by atoms with Crippen LogP contribution in [0.25, 0.3) is 0 Å². The van der Waals surface area contributed by atoms with Crippen LogP contribution in [-0.2, 0) is 0 Å². The second-order valence-corrected chi connectivity index (χ2v) is 2.74. The predicted octanol–water partition coefficient (Wildman–Crippen LogP) is -3.15. The molecule has 9 heavy (non-hydrogen) atoms. The highest BCUT2D eigenvalue weighted by Crippen LogP contribution is 1.84. The number of nitrogens with zero attached hydrogens (tertiary/aromatic N) is 1. The number of hydrogen-bond acceptors (Lipinski definition) is 2. The first-order valence-corrected chi connectivity index (χ1v) is 2.47. The fraction of sp³-hybridized carbons (Fsp3) is 1.00. The first-order chi connectivity index (χ1) is 3.06. The molecule has 3 nitrogen and oxygen atoms in total. The van der Waals surface area contributed by atoms with E-state index in [2.05, 4.69) is 21.1 Å². The SMILES string of the molecule is C[N+](C)(C)CCO.N.[Cl-]. The number of quaternary nitrogens is 1. The van der Waals surface area contributed by atoms with Gasteiger partial charge in [0, 0.05) is 0 Å². The molecule has 4 N–H and O–H groups in total. The maximum atomic E-state index is 8.39. The Morgan fingerprint density at radius 2 is 1.56 bits per heavy atom. The van der Waals surface area contributed by atoms with Gasteiger partial charge in [-0.1, -0.05) is 0 Å². The summed E-state index contributed by atoms with van der Waals surface area (Å²) in [7, 11) is 6.16. The third-order valence-electron chi connectivity index (χ3n) is 0.771. The zero-order chi connectivity index (χ0) is 5.91. The molecule has 60 valence electrons. The monoisotopic (exact) mass is 156 g/mol. The molecule has 0 bridgehead atoms. The number of rotatable bonds is 2. The van der Waals surface area contributed by atoms with Crippen LogP contribution in [0.5, 0.6) is 0 Å². The normalized spacial score (nSPS) is 9.33. The quantitative estimate of drug-likeness (QED) is 0.415. The van der Waals surface area contributed by atoms with E-state index in [9.17, 15) is 0 Å². The minimum absolute atomic E-state index is 0. The van der Waals surface area contributed by atoms with Gasteiger partial charge in [0.05, 0.1) is 27.7 Å². The average molecular weight is 157 g/mol. The summed E-state index contributed by atoms with van der Waals surface area (Å²) in [5, 5.41) is 8.39. The van der Waals surface area contributed by atoms with Gasteiger partial charge in [0.15, 0.2) is 0 Å². The summed E-state index contributed by atoms with van der Waals surface area (Å²) in [5.74, 6) is 0. The molecule has 0 fully saturated rings. The summed E-state index contributed by atoms with van der Waals surface area (Å²) >= 11 is 0. The van der Waals surface area contributed by atoms with Crippen molar-refractivity contribution >= 4 is 0 Å². The van der Waals surface area contributed by atoms with Crippen molar-refractivity contribution < 1.29 is 22.0 Å². The van der Waals surface area contributed by atoms with Gasteiger partial charge in [-0.3, -0.25) is 0 Å². The Morgan fingerprint density at radius 3 is 1.56 bits per heavy atom. The minimum Gasteiger partial charge on any atom is -1.00 e. The molecule has 0 aromatic carbocycles. The van der Waals surface area contributed by atoms with Gasteiger partial charge in [-0.2, -0.15) is 0 Å². The van der Waals surface area contributed by atoms with Crippen molar-refractivity contribution in [2.75, 3.05) is 34.3 Å². The number of aliphatic hydroxyl groups excluding tert-OH is 1. The van der Waals surface area contributed by atoms with E-state index >= 15 is 0 Å². The third kappa shape index (κ3) is 17.9. The van der Waals surface area contributed by atoms with Gasteiger partial charge in [0.2, 0.25) is 0 Å². The van der Waals surface area contributed by atoms with Crippen LogP contribution in [0, 0.1) is 0 Å². The highest BCUT2D eigenvalue weighted by atomic mass is 35.5. The van der Waals surface area contributed by atoms with Gasteiger partial charge < -0.3 is 28.1 Å². The summed E-state index contributed by atoms with van der Waals surface area (Å²) < 4.78 is 0.844. The van der Waals surface area contributed by atoms with E-state index in [-0.39, 0.29) is 25.2 Å². The molecule has 0 rings (SSSR count). The molecule has 0 unspecified atom stereocenters. The Hall–Kier alpha value is 0.170. The fourth-order valence-electron chi connectivity index (χ4n) is 0.300. The molecule has 0 aliphatic heterocycles. The van der Waals surface area contributed by atoms with Gasteiger partial charge in [-0.05, 0) is 0 Å². The Bertz CT molecular complexity index is 53.4. The number of halogens is 1. The lowest BCUT2D eigenvalue weighted by molar-refractivity contribution is -0.870. The first kappa shape index (κ1) is 16.1.